The first kappa shape index (κ1) is 21.3. The molecule has 0 aliphatic heterocycles. The standard InChI is InChI=1S/C25H20Cl2O4/c1-14-10-15(2)22-21(11-14)31-24(16-5-8-19(29-3)9-6-16)25(23(22)28)30-13-17-4-7-18(26)12-20(17)27/h4-12H,13H2,1-3H3. The molecular formula is C25H20Cl2O4. The molecule has 0 N–H and O–H groups in total. The molecule has 158 valence electrons. The van der Waals surface area contributed by atoms with E-state index >= 15 is 0 Å². The molecule has 0 atom stereocenters. The van der Waals surface area contributed by atoms with Gasteiger partial charge in [-0.1, -0.05) is 35.3 Å². The highest BCUT2D eigenvalue weighted by atomic mass is 35.5. The Balaban J connectivity index is 1.87. The van der Waals surface area contributed by atoms with Gasteiger partial charge in [0.15, 0.2) is 5.76 Å². The highest BCUT2D eigenvalue weighted by Gasteiger charge is 2.20. The van der Waals surface area contributed by atoms with Gasteiger partial charge in [-0.15, -0.1) is 0 Å². The van der Waals surface area contributed by atoms with Crippen molar-refractivity contribution in [3.8, 4) is 22.8 Å². The number of aryl methyl sites for hydroxylation is 2. The van der Waals surface area contributed by atoms with Crippen LogP contribution in [0.4, 0.5) is 0 Å². The molecule has 0 aliphatic rings. The summed E-state index contributed by atoms with van der Waals surface area (Å²) in [4.78, 5) is 13.5. The zero-order valence-electron chi connectivity index (χ0n) is 17.3. The monoisotopic (exact) mass is 454 g/mol. The van der Waals surface area contributed by atoms with E-state index < -0.39 is 0 Å². The third kappa shape index (κ3) is 4.27. The smallest absolute Gasteiger partial charge is 0.235 e. The van der Waals surface area contributed by atoms with Gasteiger partial charge in [0.05, 0.1) is 12.5 Å². The Morgan fingerprint density at radius 3 is 2.39 bits per heavy atom. The van der Waals surface area contributed by atoms with Gasteiger partial charge in [0.2, 0.25) is 11.2 Å². The third-order valence-electron chi connectivity index (χ3n) is 5.03. The molecule has 0 unspecified atom stereocenters. The molecule has 0 bridgehead atoms. The maximum absolute atomic E-state index is 13.5. The fourth-order valence-electron chi connectivity index (χ4n) is 3.53. The molecule has 0 saturated heterocycles. The summed E-state index contributed by atoms with van der Waals surface area (Å²) in [5.74, 6) is 1.19. The zero-order chi connectivity index (χ0) is 22.1. The van der Waals surface area contributed by atoms with Crippen molar-refractivity contribution in [1.82, 2.24) is 0 Å². The van der Waals surface area contributed by atoms with Gasteiger partial charge in [-0.3, -0.25) is 4.79 Å². The van der Waals surface area contributed by atoms with Crippen LogP contribution in [0.25, 0.3) is 22.3 Å². The summed E-state index contributed by atoms with van der Waals surface area (Å²) in [6.07, 6.45) is 0. The first-order valence-corrected chi connectivity index (χ1v) is 10.4. The summed E-state index contributed by atoms with van der Waals surface area (Å²) in [5.41, 5.74) is 3.55. The molecule has 0 aliphatic carbocycles. The van der Waals surface area contributed by atoms with Crippen molar-refractivity contribution in [2.45, 2.75) is 20.5 Å². The average Bonchev–Trinajstić information content (AvgIpc) is 2.73. The maximum Gasteiger partial charge on any atom is 0.235 e. The lowest BCUT2D eigenvalue weighted by atomic mass is 10.0. The van der Waals surface area contributed by atoms with E-state index in [4.69, 9.17) is 37.1 Å². The van der Waals surface area contributed by atoms with Crippen LogP contribution in [0.5, 0.6) is 11.5 Å². The van der Waals surface area contributed by atoms with E-state index in [9.17, 15) is 4.79 Å². The molecule has 0 radical (unpaired) electrons. The van der Waals surface area contributed by atoms with E-state index in [0.717, 1.165) is 11.1 Å². The topological polar surface area (TPSA) is 48.7 Å². The summed E-state index contributed by atoms with van der Waals surface area (Å²) in [5, 5.41) is 1.50. The molecule has 4 rings (SSSR count). The van der Waals surface area contributed by atoms with Crippen molar-refractivity contribution < 1.29 is 13.9 Å². The van der Waals surface area contributed by atoms with E-state index in [-0.39, 0.29) is 17.8 Å². The molecule has 0 saturated carbocycles. The molecule has 0 spiro atoms. The number of methoxy groups -OCH3 is 1. The summed E-state index contributed by atoms with van der Waals surface area (Å²) < 4.78 is 17.5. The van der Waals surface area contributed by atoms with Gasteiger partial charge in [0.1, 0.15) is 17.9 Å². The van der Waals surface area contributed by atoms with Crippen molar-refractivity contribution in [2.75, 3.05) is 7.11 Å². The predicted molar refractivity (Wildman–Crippen MR) is 125 cm³/mol. The molecule has 0 fully saturated rings. The van der Waals surface area contributed by atoms with Crippen LogP contribution in [-0.4, -0.2) is 7.11 Å². The van der Waals surface area contributed by atoms with Gasteiger partial charge < -0.3 is 13.9 Å². The van der Waals surface area contributed by atoms with Crippen molar-refractivity contribution in [3.63, 3.8) is 0 Å². The minimum atomic E-state index is -0.227. The Morgan fingerprint density at radius 2 is 1.71 bits per heavy atom. The van der Waals surface area contributed by atoms with Gasteiger partial charge in [0.25, 0.3) is 0 Å². The van der Waals surface area contributed by atoms with Gasteiger partial charge >= 0.3 is 0 Å². The molecular weight excluding hydrogens is 435 g/mol. The van der Waals surface area contributed by atoms with Gasteiger partial charge in [0, 0.05) is 21.2 Å². The number of hydrogen-bond acceptors (Lipinski definition) is 4. The van der Waals surface area contributed by atoms with Crippen LogP contribution in [0.2, 0.25) is 10.0 Å². The van der Waals surface area contributed by atoms with Gasteiger partial charge in [-0.2, -0.15) is 0 Å². The van der Waals surface area contributed by atoms with E-state index in [1.807, 2.05) is 38.1 Å². The van der Waals surface area contributed by atoms with Gasteiger partial charge in [-0.25, -0.2) is 0 Å². The summed E-state index contributed by atoms with van der Waals surface area (Å²) in [6.45, 7) is 3.95. The Morgan fingerprint density at radius 1 is 0.968 bits per heavy atom. The summed E-state index contributed by atoms with van der Waals surface area (Å²) in [6, 6.07) is 16.2. The highest BCUT2D eigenvalue weighted by Crippen LogP contribution is 2.34. The van der Waals surface area contributed by atoms with Crippen LogP contribution >= 0.6 is 23.2 Å². The normalized spacial score (nSPS) is 11.0. The molecule has 0 amide bonds. The van der Waals surface area contributed by atoms with E-state index in [0.29, 0.717) is 43.7 Å². The SMILES string of the molecule is COc1ccc(-c2oc3cc(C)cc(C)c3c(=O)c2OCc2ccc(Cl)cc2Cl)cc1. The van der Waals surface area contributed by atoms with Crippen LogP contribution in [0.3, 0.4) is 0 Å². The predicted octanol–water partition coefficient (Wildman–Crippen LogP) is 6.97. The van der Waals surface area contributed by atoms with Crippen LogP contribution in [0, 0.1) is 13.8 Å². The quantitative estimate of drug-likeness (QED) is 0.326. The number of benzene rings is 3. The first-order chi connectivity index (χ1) is 14.9. The van der Waals surface area contributed by atoms with Crippen LogP contribution in [0.1, 0.15) is 16.7 Å². The molecule has 6 heteroatoms. The number of halogens is 2. The second kappa shape index (κ2) is 8.66. The van der Waals surface area contributed by atoms with Crippen molar-refractivity contribution in [1.29, 1.82) is 0 Å². The van der Waals surface area contributed by atoms with E-state index in [1.54, 1.807) is 37.4 Å². The van der Waals surface area contributed by atoms with E-state index in [2.05, 4.69) is 0 Å². The minimum absolute atomic E-state index is 0.0976. The largest absolute Gasteiger partial charge is 0.497 e. The minimum Gasteiger partial charge on any atom is -0.497 e. The van der Waals surface area contributed by atoms with Crippen LogP contribution in [0.15, 0.2) is 63.8 Å². The number of rotatable bonds is 5. The van der Waals surface area contributed by atoms with Crippen molar-refractivity contribution >= 4 is 34.2 Å². The lowest BCUT2D eigenvalue weighted by Crippen LogP contribution is -2.11. The molecule has 1 heterocycles. The molecule has 31 heavy (non-hydrogen) atoms. The van der Waals surface area contributed by atoms with Crippen molar-refractivity contribution in [2.24, 2.45) is 0 Å². The Bertz CT molecular complexity index is 1320. The first-order valence-electron chi connectivity index (χ1n) is 9.66. The lowest BCUT2D eigenvalue weighted by Gasteiger charge is -2.14. The third-order valence-corrected chi connectivity index (χ3v) is 5.62. The second-order valence-electron chi connectivity index (χ2n) is 7.30. The Labute approximate surface area is 189 Å². The summed E-state index contributed by atoms with van der Waals surface area (Å²) in [7, 11) is 1.60. The summed E-state index contributed by atoms with van der Waals surface area (Å²) >= 11 is 12.3. The Hall–Kier alpha value is -2.95. The van der Waals surface area contributed by atoms with Crippen LogP contribution in [-0.2, 0) is 6.61 Å². The molecule has 4 nitrogen and oxygen atoms in total. The second-order valence-corrected chi connectivity index (χ2v) is 8.14. The molecule has 1 aromatic heterocycles. The van der Waals surface area contributed by atoms with Gasteiger partial charge in [-0.05, 0) is 67.4 Å². The highest BCUT2D eigenvalue weighted by molar-refractivity contribution is 6.35. The van der Waals surface area contributed by atoms with Crippen molar-refractivity contribution in [3.05, 3.63) is 91.6 Å². The molecule has 3 aromatic carbocycles. The fourth-order valence-corrected chi connectivity index (χ4v) is 3.99. The molecule has 4 aromatic rings. The number of fused-ring (bicyclic) bond motifs is 1. The Kier molecular flexibility index (Phi) is 5.94. The zero-order valence-corrected chi connectivity index (χ0v) is 18.8. The van der Waals surface area contributed by atoms with E-state index in [1.165, 1.54) is 0 Å². The van der Waals surface area contributed by atoms with Crippen LogP contribution < -0.4 is 14.9 Å². The fraction of sp³-hybridized carbons (Fsp3) is 0.160. The number of ether oxygens (including phenoxy) is 2. The lowest BCUT2D eigenvalue weighted by molar-refractivity contribution is 0.298. The maximum atomic E-state index is 13.5. The average molecular weight is 455 g/mol. The number of hydrogen-bond donors (Lipinski definition) is 0.